The van der Waals surface area contributed by atoms with Crippen LogP contribution in [-0.4, -0.2) is 36.5 Å². The van der Waals surface area contributed by atoms with Gasteiger partial charge in [-0.2, -0.15) is 0 Å². The molecule has 1 N–H and O–H groups in total. The summed E-state index contributed by atoms with van der Waals surface area (Å²) in [6.45, 7) is 3.88. The topological polar surface area (TPSA) is 58.6 Å². The molecule has 0 aliphatic heterocycles. The maximum Gasteiger partial charge on any atom is 0.415 e. The predicted molar refractivity (Wildman–Crippen MR) is 73.0 cm³/mol. The highest BCUT2D eigenvalue weighted by molar-refractivity contribution is 5.82. The summed E-state index contributed by atoms with van der Waals surface area (Å²) < 4.78 is 5.12. The molecule has 0 saturated carbocycles. The number of carbonyl (C=O) groups is 2. The average molecular weight is 264 g/mol. The second kappa shape index (κ2) is 7.41. The van der Waals surface area contributed by atoms with Crippen LogP contribution in [0.5, 0.6) is 5.75 Å². The van der Waals surface area contributed by atoms with Crippen molar-refractivity contribution in [3.8, 4) is 5.75 Å². The summed E-state index contributed by atoms with van der Waals surface area (Å²) in [5, 5.41) is 2.79. The number of nitrogens with zero attached hydrogens (tertiary/aromatic N) is 1. The third-order valence-electron chi connectivity index (χ3n) is 2.66. The Bertz CT molecular complexity index is 420. The lowest BCUT2D eigenvalue weighted by atomic mass is 10.2. The Morgan fingerprint density at radius 3 is 2.53 bits per heavy atom. The lowest BCUT2D eigenvalue weighted by Gasteiger charge is -2.18. The van der Waals surface area contributed by atoms with Gasteiger partial charge in [-0.25, -0.2) is 4.79 Å². The largest absolute Gasteiger partial charge is 0.415 e. The number of amides is 2. The summed E-state index contributed by atoms with van der Waals surface area (Å²) in [6, 6.07) is 8.86. The number of likely N-dealkylation sites (N-methyl/N-ethyl adjacent to an activating group) is 1. The summed E-state index contributed by atoms with van der Waals surface area (Å²) in [5.41, 5.74) is 0. The Kier molecular flexibility index (Phi) is 5.85. The van der Waals surface area contributed by atoms with Crippen LogP contribution in [0, 0.1) is 0 Å². The average Bonchev–Trinajstić information content (AvgIpc) is 2.39. The zero-order chi connectivity index (χ0) is 14.3. The summed E-state index contributed by atoms with van der Waals surface area (Å²) >= 11 is 0. The molecule has 0 radical (unpaired) electrons. The van der Waals surface area contributed by atoms with Gasteiger partial charge in [0.15, 0.2) is 0 Å². The van der Waals surface area contributed by atoms with Gasteiger partial charge in [-0.1, -0.05) is 25.1 Å². The van der Waals surface area contributed by atoms with Gasteiger partial charge >= 0.3 is 6.09 Å². The van der Waals surface area contributed by atoms with Crippen LogP contribution in [0.1, 0.15) is 20.3 Å². The molecule has 19 heavy (non-hydrogen) atoms. The van der Waals surface area contributed by atoms with E-state index in [1.807, 2.05) is 19.9 Å². The smallest absolute Gasteiger partial charge is 0.410 e. The first-order valence-corrected chi connectivity index (χ1v) is 6.30. The first-order chi connectivity index (χ1) is 9.02. The third-order valence-corrected chi connectivity index (χ3v) is 2.66. The number of benzene rings is 1. The number of carbonyl (C=O) groups excluding carboxylic acids is 2. The molecule has 5 nitrogen and oxygen atoms in total. The quantitative estimate of drug-likeness (QED) is 0.885. The Balaban J connectivity index is 2.43. The Morgan fingerprint density at radius 2 is 1.95 bits per heavy atom. The minimum atomic E-state index is -0.550. The van der Waals surface area contributed by atoms with Gasteiger partial charge < -0.3 is 15.0 Å². The fourth-order valence-electron chi connectivity index (χ4n) is 1.37. The van der Waals surface area contributed by atoms with Crippen LogP contribution in [0.15, 0.2) is 30.3 Å². The van der Waals surface area contributed by atoms with Crippen molar-refractivity contribution in [1.29, 1.82) is 0 Å². The normalized spacial score (nSPS) is 11.5. The minimum absolute atomic E-state index is 0.0179. The fourth-order valence-corrected chi connectivity index (χ4v) is 1.37. The highest BCUT2D eigenvalue weighted by Gasteiger charge is 2.15. The summed E-state index contributed by atoms with van der Waals surface area (Å²) in [6.07, 6.45) is 0.301. The summed E-state index contributed by atoms with van der Waals surface area (Å²) in [7, 11) is 1.53. The Labute approximate surface area is 113 Å². The zero-order valence-corrected chi connectivity index (χ0v) is 11.6. The van der Waals surface area contributed by atoms with Gasteiger partial charge in [0.25, 0.3) is 0 Å². The maximum atomic E-state index is 11.7. The number of ether oxygens (including phenoxy) is 1. The molecule has 0 bridgehead atoms. The molecule has 0 aliphatic carbocycles. The van der Waals surface area contributed by atoms with E-state index in [2.05, 4.69) is 5.32 Å². The maximum absolute atomic E-state index is 11.7. The van der Waals surface area contributed by atoms with Gasteiger partial charge in [0.1, 0.15) is 12.3 Å². The molecule has 0 heterocycles. The van der Waals surface area contributed by atoms with Crippen LogP contribution in [0.4, 0.5) is 4.79 Å². The van der Waals surface area contributed by atoms with Crippen molar-refractivity contribution in [3.63, 3.8) is 0 Å². The second-order valence-electron chi connectivity index (χ2n) is 4.41. The van der Waals surface area contributed by atoms with Crippen LogP contribution < -0.4 is 10.1 Å². The molecule has 0 aliphatic rings. The van der Waals surface area contributed by atoms with Gasteiger partial charge in [-0.05, 0) is 25.5 Å². The molecule has 1 aromatic carbocycles. The van der Waals surface area contributed by atoms with E-state index in [1.165, 1.54) is 11.9 Å². The van der Waals surface area contributed by atoms with Gasteiger partial charge in [0.05, 0.1) is 0 Å². The van der Waals surface area contributed by atoms with Gasteiger partial charge in [-0.3, -0.25) is 4.79 Å². The van der Waals surface area contributed by atoms with Crippen molar-refractivity contribution in [2.75, 3.05) is 13.6 Å². The Morgan fingerprint density at radius 1 is 1.32 bits per heavy atom. The molecular formula is C14H20N2O3. The summed E-state index contributed by atoms with van der Waals surface area (Å²) in [4.78, 5) is 24.6. The molecule has 1 atom stereocenters. The van der Waals surface area contributed by atoms with Crippen molar-refractivity contribution in [1.82, 2.24) is 10.2 Å². The molecule has 1 rings (SSSR count). The van der Waals surface area contributed by atoms with E-state index in [-0.39, 0.29) is 18.5 Å². The highest BCUT2D eigenvalue weighted by Crippen LogP contribution is 2.09. The van der Waals surface area contributed by atoms with Gasteiger partial charge in [0, 0.05) is 13.1 Å². The van der Waals surface area contributed by atoms with E-state index >= 15 is 0 Å². The van der Waals surface area contributed by atoms with Crippen molar-refractivity contribution >= 4 is 12.0 Å². The standard InChI is InChI=1S/C14H20N2O3/c1-4-11(2)15-13(17)10-16(3)14(18)19-12-8-6-5-7-9-12/h5-9,11H,4,10H2,1-3H3,(H,15,17)/t11-/m0/s1. The van der Waals surface area contributed by atoms with E-state index in [4.69, 9.17) is 4.74 Å². The van der Waals surface area contributed by atoms with Crippen LogP contribution in [0.25, 0.3) is 0 Å². The number of hydrogen-bond acceptors (Lipinski definition) is 3. The summed E-state index contributed by atoms with van der Waals surface area (Å²) in [5.74, 6) is 0.267. The van der Waals surface area contributed by atoms with E-state index in [0.717, 1.165) is 6.42 Å². The molecule has 1 aromatic rings. The van der Waals surface area contributed by atoms with Crippen molar-refractivity contribution in [3.05, 3.63) is 30.3 Å². The third kappa shape index (κ3) is 5.42. The number of hydrogen-bond donors (Lipinski definition) is 1. The van der Waals surface area contributed by atoms with Crippen LogP contribution in [-0.2, 0) is 4.79 Å². The fraction of sp³-hybridized carbons (Fsp3) is 0.429. The highest BCUT2D eigenvalue weighted by atomic mass is 16.6. The van der Waals surface area contributed by atoms with Crippen molar-refractivity contribution < 1.29 is 14.3 Å². The first-order valence-electron chi connectivity index (χ1n) is 6.30. The number of nitrogens with one attached hydrogen (secondary N) is 1. The zero-order valence-electron chi connectivity index (χ0n) is 11.6. The number of para-hydroxylation sites is 1. The predicted octanol–water partition coefficient (Wildman–Crippen LogP) is 2.03. The molecule has 0 saturated heterocycles. The molecule has 0 fully saturated rings. The molecular weight excluding hydrogens is 244 g/mol. The van der Waals surface area contributed by atoms with E-state index in [9.17, 15) is 9.59 Å². The van der Waals surface area contributed by atoms with Crippen LogP contribution >= 0.6 is 0 Å². The Hall–Kier alpha value is -2.04. The van der Waals surface area contributed by atoms with E-state index < -0.39 is 6.09 Å². The molecule has 5 heteroatoms. The molecule has 2 amide bonds. The second-order valence-corrected chi connectivity index (χ2v) is 4.41. The minimum Gasteiger partial charge on any atom is -0.410 e. The van der Waals surface area contributed by atoms with E-state index in [0.29, 0.717) is 5.75 Å². The van der Waals surface area contributed by atoms with Crippen molar-refractivity contribution in [2.45, 2.75) is 26.3 Å². The number of rotatable bonds is 5. The monoisotopic (exact) mass is 264 g/mol. The first kappa shape index (κ1) is 15.0. The lowest BCUT2D eigenvalue weighted by Crippen LogP contribution is -2.42. The van der Waals surface area contributed by atoms with Gasteiger partial charge in [0.2, 0.25) is 5.91 Å². The van der Waals surface area contributed by atoms with Crippen molar-refractivity contribution in [2.24, 2.45) is 0 Å². The lowest BCUT2D eigenvalue weighted by molar-refractivity contribution is -0.122. The molecule has 0 aromatic heterocycles. The SMILES string of the molecule is CC[C@H](C)NC(=O)CN(C)C(=O)Oc1ccccc1. The van der Waals surface area contributed by atoms with Crippen LogP contribution in [0.3, 0.4) is 0 Å². The molecule has 104 valence electrons. The van der Waals surface area contributed by atoms with E-state index in [1.54, 1.807) is 24.3 Å². The molecule has 0 spiro atoms. The van der Waals surface area contributed by atoms with Gasteiger partial charge in [-0.15, -0.1) is 0 Å². The molecule has 0 unspecified atom stereocenters. The van der Waals surface area contributed by atoms with Crippen LogP contribution in [0.2, 0.25) is 0 Å².